The second-order valence-electron chi connectivity index (χ2n) is 4.54. The van der Waals surface area contributed by atoms with E-state index in [4.69, 9.17) is 19.6 Å². The first-order chi connectivity index (χ1) is 9.24. The van der Waals surface area contributed by atoms with E-state index in [9.17, 15) is 0 Å². The number of nitrogens with zero attached hydrogens (tertiary/aromatic N) is 1. The Morgan fingerprint density at radius 2 is 1.95 bits per heavy atom. The van der Waals surface area contributed by atoms with Crippen LogP contribution in [0.5, 0.6) is 11.5 Å². The van der Waals surface area contributed by atoms with E-state index in [1.807, 2.05) is 25.2 Å². The zero-order valence-corrected chi connectivity index (χ0v) is 10.8. The van der Waals surface area contributed by atoms with Gasteiger partial charge in [0.2, 0.25) is 0 Å². The van der Waals surface area contributed by atoms with E-state index in [1.54, 1.807) is 12.5 Å². The van der Waals surface area contributed by atoms with E-state index < -0.39 is 0 Å². The van der Waals surface area contributed by atoms with Crippen molar-refractivity contribution in [3.63, 3.8) is 0 Å². The second kappa shape index (κ2) is 4.76. The van der Waals surface area contributed by atoms with Gasteiger partial charge in [-0.2, -0.15) is 0 Å². The van der Waals surface area contributed by atoms with E-state index in [1.165, 1.54) is 0 Å². The number of benzene rings is 1. The van der Waals surface area contributed by atoms with Crippen molar-refractivity contribution in [2.45, 2.75) is 6.54 Å². The Kier molecular flexibility index (Phi) is 2.95. The van der Waals surface area contributed by atoms with Crippen LogP contribution in [0.15, 0.2) is 35.1 Å². The maximum Gasteiger partial charge on any atom is 0.163 e. The number of rotatable bonds is 3. The number of nitrogens with two attached hydrogens (primary N) is 1. The Balaban J connectivity index is 1.87. The summed E-state index contributed by atoms with van der Waals surface area (Å²) in [5, 5.41) is 0. The Morgan fingerprint density at radius 3 is 2.63 bits per heavy atom. The first kappa shape index (κ1) is 11.8. The van der Waals surface area contributed by atoms with Crippen molar-refractivity contribution in [3.05, 3.63) is 36.3 Å². The minimum atomic E-state index is 0.566. The van der Waals surface area contributed by atoms with Crippen LogP contribution >= 0.6 is 0 Å². The molecule has 5 heteroatoms. The summed E-state index contributed by atoms with van der Waals surface area (Å²) in [5.74, 6) is 1.46. The molecule has 0 atom stereocenters. The molecule has 1 aromatic heterocycles. The number of hydrogen-bond acceptors (Lipinski definition) is 5. The van der Waals surface area contributed by atoms with Crippen LogP contribution in [-0.4, -0.2) is 20.3 Å². The van der Waals surface area contributed by atoms with E-state index in [0.717, 1.165) is 23.5 Å². The molecule has 0 fully saturated rings. The van der Waals surface area contributed by atoms with Crippen LogP contribution in [-0.2, 0) is 6.54 Å². The van der Waals surface area contributed by atoms with E-state index >= 15 is 0 Å². The lowest BCUT2D eigenvalue weighted by Crippen LogP contribution is -2.20. The molecule has 0 saturated carbocycles. The molecule has 0 amide bonds. The summed E-state index contributed by atoms with van der Waals surface area (Å²) in [4.78, 5) is 2.05. The monoisotopic (exact) mass is 260 g/mol. The molecule has 0 unspecified atom stereocenters. The van der Waals surface area contributed by atoms with Gasteiger partial charge in [-0.3, -0.25) is 0 Å². The molecule has 5 nitrogen and oxygen atoms in total. The van der Waals surface area contributed by atoms with Crippen LogP contribution in [0.2, 0.25) is 0 Å². The fourth-order valence-corrected chi connectivity index (χ4v) is 2.17. The summed E-state index contributed by atoms with van der Waals surface area (Å²) in [6.07, 6.45) is 3.39. The normalized spacial score (nSPS) is 13.3. The van der Waals surface area contributed by atoms with Crippen LogP contribution in [0.1, 0.15) is 5.56 Å². The van der Waals surface area contributed by atoms with Gasteiger partial charge < -0.3 is 24.5 Å². The van der Waals surface area contributed by atoms with Gasteiger partial charge in [-0.15, -0.1) is 0 Å². The predicted molar refractivity (Wildman–Crippen MR) is 72.7 cm³/mol. The SMILES string of the molecule is CN(Cc1ccoc1)c1cc2c(cc1N)OCCO2. The van der Waals surface area contributed by atoms with Gasteiger partial charge in [0.05, 0.1) is 23.9 Å². The number of hydrogen-bond donors (Lipinski definition) is 1. The number of nitrogen functional groups attached to an aromatic ring is 1. The first-order valence-electron chi connectivity index (χ1n) is 6.15. The highest BCUT2D eigenvalue weighted by Gasteiger charge is 2.16. The van der Waals surface area contributed by atoms with Crippen molar-refractivity contribution in [1.82, 2.24) is 0 Å². The average molecular weight is 260 g/mol. The van der Waals surface area contributed by atoms with E-state index in [0.29, 0.717) is 24.7 Å². The molecular formula is C14H16N2O3. The zero-order chi connectivity index (χ0) is 13.2. The van der Waals surface area contributed by atoms with Gasteiger partial charge in [-0.25, -0.2) is 0 Å². The van der Waals surface area contributed by atoms with Crippen LogP contribution in [0.25, 0.3) is 0 Å². The molecule has 0 radical (unpaired) electrons. The molecule has 100 valence electrons. The molecule has 2 aromatic rings. The van der Waals surface area contributed by atoms with Crippen LogP contribution in [0.4, 0.5) is 11.4 Å². The summed E-state index contributed by atoms with van der Waals surface area (Å²) in [7, 11) is 1.98. The molecule has 2 heterocycles. The lowest BCUT2D eigenvalue weighted by Gasteiger charge is -2.24. The summed E-state index contributed by atoms with van der Waals surface area (Å²) >= 11 is 0. The zero-order valence-electron chi connectivity index (χ0n) is 10.8. The van der Waals surface area contributed by atoms with Crippen LogP contribution < -0.4 is 20.1 Å². The molecule has 0 saturated heterocycles. The topological polar surface area (TPSA) is 60.9 Å². The van der Waals surface area contributed by atoms with Crippen molar-refractivity contribution in [2.75, 3.05) is 30.9 Å². The number of fused-ring (bicyclic) bond motifs is 1. The third-order valence-electron chi connectivity index (χ3n) is 3.10. The molecule has 3 rings (SSSR count). The van der Waals surface area contributed by atoms with Crippen LogP contribution in [0, 0.1) is 0 Å². The molecule has 2 N–H and O–H groups in total. The van der Waals surface area contributed by atoms with Gasteiger partial charge >= 0.3 is 0 Å². The van der Waals surface area contributed by atoms with Gasteiger partial charge in [0.15, 0.2) is 11.5 Å². The Bertz CT molecular complexity index is 566. The Labute approximate surface area is 111 Å². The van der Waals surface area contributed by atoms with Crippen molar-refractivity contribution in [3.8, 4) is 11.5 Å². The molecule has 1 aliphatic heterocycles. The highest BCUT2D eigenvalue weighted by molar-refractivity contribution is 5.73. The van der Waals surface area contributed by atoms with Gasteiger partial charge in [0, 0.05) is 31.3 Å². The third kappa shape index (κ3) is 2.31. The molecule has 0 aliphatic carbocycles. The Morgan fingerprint density at radius 1 is 1.21 bits per heavy atom. The summed E-state index contributed by atoms with van der Waals surface area (Å²) in [6.45, 7) is 1.86. The van der Waals surface area contributed by atoms with Crippen LogP contribution in [0.3, 0.4) is 0 Å². The predicted octanol–water partition coefficient (Wildman–Crippen LogP) is 2.27. The fraction of sp³-hybridized carbons (Fsp3) is 0.286. The van der Waals surface area contributed by atoms with Crippen molar-refractivity contribution in [2.24, 2.45) is 0 Å². The quantitative estimate of drug-likeness (QED) is 0.858. The molecule has 19 heavy (non-hydrogen) atoms. The fourth-order valence-electron chi connectivity index (χ4n) is 2.17. The highest BCUT2D eigenvalue weighted by Crippen LogP contribution is 2.38. The standard InChI is InChI=1S/C14H16N2O3/c1-16(8-10-2-3-17-9-10)12-7-14-13(6-11(12)15)18-4-5-19-14/h2-3,6-7,9H,4-5,8,15H2,1H3. The molecule has 1 aliphatic rings. The maximum atomic E-state index is 6.07. The minimum Gasteiger partial charge on any atom is -0.486 e. The van der Waals surface area contributed by atoms with Crippen molar-refractivity contribution < 1.29 is 13.9 Å². The summed E-state index contributed by atoms with van der Waals surface area (Å²) < 4.78 is 16.2. The lowest BCUT2D eigenvalue weighted by molar-refractivity contribution is 0.172. The van der Waals surface area contributed by atoms with E-state index in [-0.39, 0.29) is 0 Å². The number of furan rings is 1. The Hall–Kier alpha value is -2.30. The lowest BCUT2D eigenvalue weighted by atomic mass is 10.2. The van der Waals surface area contributed by atoms with E-state index in [2.05, 4.69) is 4.90 Å². The number of ether oxygens (including phenoxy) is 2. The third-order valence-corrected chi connectivity index (χ3v) is 3.10. The largest absolute Gasteiger partial charge is 0.486 e. The molecule has 0 bridgehead atoms. The molecular weight excluding hydrogens is 244 g/mol. The van der Waals surface area contributed by atoms with Gasteiger partial charge in [-0.1, -0.05) is 0 Å². The number of anilines is 2. The van der Waals surface area contributed by atoms with Crippen molar-refractivity contribution >= 4 is 11.4 Å². The highest BCUT2D eigenvalue weighted by atomic mass is 16.6. The molecule has 1 aromatic carbocycles. The summed E-state index contributed by atoms with van der Waals surface area (Å²) in [5.41, 5.74) is 8.77. The second-order valence-corrected chi connectivity index (χ2v) is 4.54. The maximum absolute atomic E-state index is 6.07. The molecule has 0 spiro atoms. The van der Waals surface area contributed by atoms with Gasteiger partial charge in [-0.05, 0) is 6.07 Å². The first-order valence-corrected chi connectivity index (χ1v) is 6.15. The average Bonchev–Trinajstić information content (AvgIpc) is 2.90. The van der Waals surface area contributed by atoms with Gasteiger partial charge in [0.1, 0.15) is 13.2 Å². The smallest absolute Gasteiger partial charge is 0.163 e. The van der Waals surface area contributed by atoms with Gasteiger partial charge in [0.25, 0.3) is 0 Å². The minimum absolute atomic E-state index is 0.566. The summed E-state index contributed by atoms with van der Waals surface area (Å²) in [6, 6.07) is 5.67. The van der Waals surface area contributed by atoms with Crippen molar-refractivity contribution in [1.29, 1.82) is 0 Å².